The van der Waals surface area contributed by atoms with Crippen molar-refractivity contribution in [2.45, 2.75) is 20.8 Å². The van der Waals surface area contributed by atoms with Crippen molar-refractivity contribution >= 4 is 16.7 Å². The number of para-hydroxylation sites is 2. The quantitative estimate of drug-likeness (QED) is 0.564. The fourth-order valence-electron chi connectivity index (χ4n) is 2.86. The highest BCUT2D eigenvalue weighted by atomic mass is 15.1. The molecule has 0 N–H and O–H groups in total. The number of benzene rings is 1. The van der Waals surface area contributed by atoms with Crippen LogP contribution in [0.1, 0.15) is 22.4 Å². The zero-order valence-electron chi connectivity index (χ0n) is 11.7. The molecule has 0 amide bonds. The van der Waals surface area contributed by atoms with Gasteiger partial charge in [-0.05, 0) is 44.0 Å². The summed E-state index contributed by atoms with van der Waals surface area (Å²) in [6.07, 6.45) is 0. The number of nitriles is 1. The molecule has 2 aromatic heterocycles. The van der Waals surface area contributed by atoms with Gasteiger partial charge < -0.3 is 0 Å². The molecule has 2 heterocycles. The van der Waals surface area contributed by atoms with Gasteiger partial charge in [0, 0.05) is 0 Å². The molecule has 3 rings (SSSR count). The Labute approximate surface area is 112 Å². The molecule has 0 aliphatic carbocycles. The maximum absolute atomic E-state index is 9.50. The molecule has 0 saturated heterocycles. The summed E-state index contributed by atoms with van der Waals surface area (Å²) in [5.74, 6) is 0. The van der Waals surface area contributed by atoms with Gasteiger partial charge in [0.05, 0.1) is 7.05 Å². The maximum atomic E-state index is 9.50. The average Bonchev–Trinajstić information content (AvgIpc) is 2.72. The van der Waals surface area contributed by atoms with E-state index in [0.29, 0.717) is 0 Å². The topological polar surface area (TPSA) is 32.1 Å². The summed E-state index contributed by atoms with van der Waals surface area (Å²) in [6, 6.07) is 10.6. The number of rotatable bonds is 0. The Bertz CT molecular complexity index is 863. The normalized spacial score (nSPS) is 11.1. The highest BCUT2D eigenvalue weighted by Crippen LogP contribution is 2.25. The van der Waals surface area contributed by atoms with Gasteiger partial charge in [-0.2, -0.15) is 9.66 Å². The van der Waals surface area contributed by atoms with Crippen LogP contribution < -0.4 is 4.57 Å². The molecule has 19 heavy (non-hydrogen) atoms. The van der Waals surface area contributed by atoms with Gasteiger partial charge in [-0.15, -0.1) is 0 Å². The van der Waals surface area contributed by atoms with Gasteiger partial charge in [-0.1, -0.05) is 12.1 Å². The van der Waals surface area contributed by atoms with E-state index in [1.165, 1.54) is 11.3 Å². The summed E-state index contributed by atoms with van der Waals surface area (Å²) >= 11 is 0. The summed E-state index contributed by atoms with van der Waals surface area (Å²) in [5.41, 5.74) is 7.50. The van der Waals surface area contributed by atoms with E-state index in [0.717, 1.165) is 27.8 Å². The van der Waals surface area contributed by atoms with Gasteiger partial charge in [-0.3, -0.25) is 0 Å². The minimum Gasteiger partial charge on any atom is -0.225 e. The lowest BCUT2D eigenvalue weighted by atomic mass is 10.0. The molecule has 3 nitrogen and oxygen atoms in total. The first-order chi connectivity index (χ1) is 9.07. The molecule has 0 radical (unpaired) electrons. The van der Waals surface area contributed by atoms with Crippen LogP contribution in [-0.2, 0) is 7.05 Å². The van der Waals surface area contributed by atoms with Crippen LogP contribution in [-0.4, -0.2) is 4.40 Å². The fourth-order valence-corrected chi connectivity index (χ4v) is 2.86. The Morgan fingerprint density at radius 3 is 2.47 bits per heavy atom. The molecular weight excluding hydrogens is 234 g/mol. The first-order valence-electron chi connectivity index (χ1n) is 6.37. The molecule has 0 spiro atoms. The van der Waals surface area contributed by atoms with Gasteiger partial charge >= 0.3 is 5.65 Å². The van der Waals surface area contributed by atoms with Gasteiger partial charge in [0.1, 0.15) is 17.3 Å². The van der Waals surface area contributed by atoms with Crippen molar-refractivity contribution in [3.05, 3.63) is 46.6 Å². The molecule has 0 saturated carbocycles. The number of aromatic nitrogens is 2. The zero-order valence-corrected chi connectivity index (χ0v) is 11.7. The standard InChI is InChI=1S/C16H16N3/c1-10-11(2)13(9-17)16-18(4)14-7-5-6-8-15(14)19(16)12(10)3/h5-8H,1-4H3/q+1. The van der Waals surface area contributed by atoms with Crippen molar-refractivity contribution in [3.8, 4) is 6.07 Å². The average molecular weight is 250 g/mol. The lowest BCUT2D eigenvalue weighted by Gasteiger charge is -2.06. The first kappa shape index (κ1) is 11.7. The summed E-state index contributed by atoms with van der Waals surface area (Å²) < 4.78 is 4.30. The van der Waals surface area contributed by atoms with Crippen LogP contribution in [0, 0.1) is 32.1 Å². The van der Waals surface area contributed by atoms with E-state index in [2.05, 4.69) is 41.0 Å². The van der Waals surface area contributed by atoms with Crippen molar-refractivity contribution in [1.29, 1.82) is 5.26 Å². The second kappa shape index (κ2) is 3.83. The number of imidazole rings is 1. The van der Waals surface area contributed by atoms with Crippen LogP contribution in [0.2, 0.25) is 0 Å². The van der Waals surface area contributed by atoms with Crippen LogP contribution in [0.5, 0.6) is 0 Å². The maximum Gasteiger partial charge on any atom is 0.305 e. The summed E-state index contributed by atoms with van der Waals surface area (Å²) in [4.78, 5) is 0. The Morgan fingerprint density at radius 2 is 1.79 bits per heavy atom. The summed E-state index contributed by atoms with van der Waals surface area (Å²) in [5, 5.41) is 9.50. The second-order valence-corrected chi connectivity index (χ2v) is 5.03. The van der Waals surface area contributed by atoms with Gasteiger partial charge in [0.2, 0.25) is 0 Å². The van der Waals surface area contributed by atoms with E-state index >= 15 is 0 Å². The molecule has 0 atom stereocenters. The summed E-state index contributed by atoms with van der Waals surface area (Å²) in [6.45, 7) is 6.22. The van der Waals surface area contributed by atoms with Crippen LogP contribution in [0.4, 0.5) is 0 Å². The van der Waals surface area contributed by atoms with Crippen molar-refractivity contribution in [2.75, 3.05) is 0 Å². The van der Waals surface area contributed by atoms with E-state index in [9.17, 15) is 5.26 Å². The Balaban J connectivity index is 2.76. The third-order valence-corrected chi connectivity index (χ3v) is 4.16. The fraction of sp³-hybridized carbons (Fsp3) is 0.250. The smallest absolute Gasteiger partial charge is 0.225 e. The molecule has 0 aliphatic heterocycles. The second-order valence-electron chi connectivity index (χ2n) is 5.03. The molecule has 0 bridgehead atoms. The number of hydrogen-bond donors (Lipinski definition) is 0. The predicted molar refractivity (Wildman–Crippen MR) is 75.0 cm³/mol. The van der Waals surface area contributed by atoms with E-state index in [1.54, 1.807) is 0 Å². The van der Waals surface area contributed by atoms with Crippen LogP contribution in [0.3, 0.4) is 0 Å². The highest BCUT2D eigenvalue weighted by Gasteiger charge is 2.25. The molecule has 3 aromatic rings. The Morgan fingerprint density at radius 1 is 1.11 bits per heavy atom. The van der Waals surface area contributed by atoms with Crippen molar-refractivity contribution in [2.24, 2.45) is 7.05 Å². The highest BCUT2D eigenvalue weighted by molar-refractivity contribution is 5.78. The van der Waals surface area contributed by atoms with E-state index in [-0.39, 0.29) is 0 Å². The van der Waals surface area contributed by atoms with Gasteiger partial charge in [-0.25, -0.2) is 4.57 Å². The monoisotopic (exact) mass is 250 g/mol. The van der Waals surface area contributed by atoms with Crippen molar-refractivity contribution in [3.63, 3.8) is 0 Å². The Hall–Kier alpha value is -2.34. The lowest BCUT2D eigenvalue weighted by Crippen LogP contribution is -2.28. The number of nitrogens with zero attached hydrogens (tertiary/aromatic N) is 3. The van der Waals surface area contributed by atoms with E-state index < -0.39 is 0 Å². The van der Waals surface area contributed by atoms with Crippen molar-refractivity contribution in [1.82, 2.24) is 4.40 Å². The largest absolute Gasteiger partial charge is 0.305 e. The first-order valence-corrected chi connectivity index (χ1v) is 6.37. The number of fused-ring (bicyclic) bond motifs is 3. The molecule has 0 aliphatic rings. The molecule has 3 heteroatoms. The number of aryl methyl sites for hydroxylation is 2. The third kappa shape index (κ3) is 1.34. The van der Waals surface area contributed by atoms with Crippen molar-refractivity contribution < 1.29 is 4.57 Å². The van der Waals surface area contributed by atoms with Gasteiger partial charge in [0.15, 0.2) is 11.0 Å². The van der Waals surface area contributed by atoms with Gasteiger partial charge in [0.25, 0.3) is 0 Å². The lowest BCUT2D eigenvalue weighted by molar-refractivity contribution is -0.618. The minimum atomic E-state index is 0.766. The predicted octanol–water partition coefficient (Wildman–Crippen LogP) is 2.71. The summed E-state index contributed by atoms with van der Waals surface area (Å²) in [7, 11) is 2.02. The minimum absolute atomic E-state index is 0.766. The third-order valence-electron chi connectivity index (χ3n) is 4.16. The van der Waals surface area contributed by atoms with Crippen LogP contribution in [0.15, 0.2) is 24.3 Å². The zero-order chi connectivity index (χ0) is 13.7. The van der Waals surface area contributed by atoms with Crippen LogP contribution in [0.25, 0.3) is 16.7 Å². The van der Waals surface area contributed by atoms with E-state index in [1.807, 2.05) is 26.1 Å². The Kier molecular flexibility index (Phi) is 2.36. The number of hydrogen-bond acceptors (Lipinski definition) is 1. The molecule has 94 valence electrons. The SMILES string of the molecule is Cc1c(C)c(C)n2c3ccccc3[n+](C)c2c1C#N. The molecule has 0 fully saturated rings. The van der Waals surface area contributed by atoms with E-state index in [4.69, 9.17) is 0 Å². The van der Waals surface area contributed by atoms with Crippen LogP contribution >= 0.6 is 0 Å². The number of pyridine rings is 1. The molecule has 0 unspecified atom stereocenters. The molecular formula is C16H16N3+. The molecule has 1 aromatic carbocycles.